The number of aromatic nitrogens is 2. The number of ether oxygens (including phenoxy) is 1. The molecule has 0 aliphatic carbocycles. The first kappa shape index (κ1) is 16.0. The number of hydrogen-bond donors (Lipinski definition) is 0. The van der Waals surface area contributed by atoms with Crippen molar-refractivity contribution in [2.24, 2.45) is 0 Å². The maximum Gasteiger partial charge on any atom is 0.141 e. The zero-order valence-corrected chi connectivity index (χ0v) is 15.0. The van der Waals surface area contributed by atoms with Crippen molar-refractivity contribution in [1.82, 2.24) is 9.55 Å². The Kier molecular flexibility index (Phi) is 4.10. The lowest BCUT2D eigenvalue weighted by Gasteiger charge is -2.09. The van der Waals surface area contributed by atoms with Crippen LogP contribution in [-0.4, -0.2) is 9.55 Å². The highest BCUT2D eigenvalue weighted by atomic mass is 35.5. The van der Waals surface area contributed by atoms with E-state index in [2.05, 4.69) is 53.7 Å². The van der Waals surface area contributed by atoms with E-state index < -0.39 is 0 Å². The van der Waals surface area contributed by atoms with Crippen molar-refractivity contribution in [2.75, 3.05) is 0 Å². The van der Waals surface area contributed by atoms with E-state index in [1.165, 1.54) is 10.8 Å². The molecule has 3 nitrogen and oxygen atoms in total. The molecule has 0 atom stereocenters. The third-order valence-corrected chi connectivity index (χ3v) is 4.66. The summed E-state index contributed by atoms with van der Waals surface area (Å²) in [7, 11) is 0. The number of benzene rings is 2. The quantitative estimate of drug-likeness (QED) is 0.451. The van der Waals surface area contributed by atoms with E-state index in [-0.39, 0.29) is 0 Å². The van der Waals surface area contributed by atoms with Gasteiger partial charge in [-0.2, -0.15) is 0 Å². The number of rotatable bonds is 4. The third kappa shape index (κ3) is 3.08. The normalized spacial score (nSPS) is 11.5. The fourth-order valence-electron chi connectivity index (χ4n) is 3.03. The van der Waals surface area contributed by atoms with Crippen LogP contribution in [0.5, 0.6) is 5.75 Å². The van der Waals surface area contributed by atoms with Gasteiger partial charge in [0.15, 0.2) is 0 Å². The predicted octanol–water partition coefficient (Wildman–Crippen LogP) is 6.00. The summed E-state index contributed by atoms with van der Waals surface area (Å²) < 4.78 is 8.04. The van der Waals surface area contributed by atoms with Gasteiger partial charge < -0.3 is 9.30 Å². The zero-order chi connectivity index (χ0) is 17.4. The first-order chi connectivity index (χ1) is 12.1. The molecule has 4 heteroatoms. The van der Waals surface area contributed by atoms with E-state index in [9.17, 15) is 0 Å². The van der Waals surface area contributed by atoms with Crippen LogP contribution in [0.1, 0.15) is 25.5 Å². The highest BCUT2D eigenvalue weighted by Crippen LogP contribution is 2.28. The average molecular weight is 351 g/mol. The van der Waals surface area contributed by atoms with Crippen LogP contribution in [0.15, 0.2) is 60.9 Å². The predicted molar refractivity (Wildman–Crippen MR) is 103 cm³/mol. The van der Waals surface area contributed by atoms with Crippen LogP contribution in [0.2, 0.25) is 5.02 Å². The summed E-state index contributed by atoms with van der Waals surface area (Å²) in [5, 5.41) is 4.07. The topological polar surface area (TPSA) is 27.1 Å². The van der Waals surface area contributed by atoms with Gasteiger partial charge in [-0.05, 0) is 42.8 Å². The van der Waals surface area contributed by atoms with Crippen molar-refractivity contribution in [2.45, 2.75) is 26.5 Å². The van der Waals surface area contributed by atoms with E-state index in [1.807, 2.05) is 30.6 Å². The van der Waals surface area contributed by atoms with E-state index >= 15 is 0 Å². The molecule has 0 radical (unpaired) electrons. The summed E-state index contributed by atoms with van der Waals surface area (Å²) in [5.41, 5.74) is 1.92. The molecule has 2 aromatic heterocycles. The Bertz CT molecular complexity index is 1050. The first-order valence-corrected chi connectivity index (χ1v) is 8.76. The van der Waals surface area contributed by atoms with Gasteiger partial charge >= 0.3 is 0 Å². The van der Waals surface area contributed by atoms with Crippen LogP contribution in [0, 0.1) is 0 Å². The smallest absolute Gasteiger partial charge is 0.141 e. The van der Waals surface area contributed by atoms with E-state index in [0.717, 1.165) is 27.4 Å². The standard InChI is InChI=1S/C21H19ClN2O/c1-14(2)24-12-20(22)19-9-15(11-23-21(19)24)13-25-18-8-7-16-5-3-4-6-17(16)10-18/h3-12,14H,13H2,1-2H3. The number of hydrogen-bond acceptors (Lipinski definition) is 2. The molecule has 0 spiro atoms. The molecule has 0 saturated heterocycles. The summed E-state index contributed by atoms with van der Waals surface area (Å²) >= 11 is 6.37. The minimum Gasteiger partial charge on any atom is -0.489 e. The molecule has 0 bridgehead atoms. The highest BCUT2D eigenvalue weighted by molar-refractivity contribution is 6.35. The van der Waals surface area contributed by atoms with Gasteiger partial charge in [-0.25, -0.2) is 4.98 Å². The Morgan fingerprint density at radius 3 is 2.68 bits per heavy atom. The zero-order valence-electron chi connectivity index (χ0n) is 14.2. The van der Waals surface area contributed by atoms with Crippen LogP contribution in [0.25, 0.3) is 21.8 Å². The van der Waals surface area contributed by atoms with Crippen molar-refractivity contribution in [3.05, 3.63) is 71.5 Å². The number of fused-ring (bicyclic) bond motifs is 2. The van der Waals surface area contributed by atoms with E-state index in [0.29, 0.717) is 12.6 Å². The molecule has 25 heavy (non-hydrogen) atoms. The molecular formula is C21H19ClN2O. The summed E-state index contributed by atoms with van der Waals surface area (Å²) in [6, 6.07) is 16.8. The monoisotopic (exact) mass is 350 g/mol. The molecule has 2 heterocycles. The molecule has 4 aromatic rings. The van der Waals surface area contributed by atoms with E-state index in [4.69, 9.17) is 16.3 Å². The van der Waals surface area contributed by atoms with Crippen molar-refractivity contribution in [1.29, 1.82) is 0 Å². The summed E-state index contributed by atoms with van der Waals surface area (Å²) in [5.74, 6) is 0.852. The van der Waals surface area contributed by atoms with Gasteiger partial charge in [0.25, 0.3) is 0 Å². The Balaban J connectivity index is 1.58. The van der Waals surface area contributed by atoms with Gasteiger partial charge in [-0.3, -0.25) is 0 Å². The maximum atomic E-state index is 6.37. The molecule has 4 rings (SSSR count). The lowest BCUT2D eigenvalue weighted by molar-refractivity contribution is 0.306. The lowest BCUT2D eigenvalue weighted by Crippen LogP contribution is -2.01. The third-order valence-electron chi connectivity index (χ3n) is 4.36. The fraction of sp³-hybridized carbons (Fsp3) is 0.190. The lowest BCUT2D eigenvalue weighted by atomic mass is 10.1. The summed E-state index contributed by atoms with van der Waals surface area (Å²) in [6.07, 6.45) is 3.80. The Labute approximate surface area is 151 Å². The number of pyridine rings is 1. The molecule has 0 saturated carbocycles. The minimum atomic E-state index is 0.321. The van der Waals surface area contributed by atoms with Gasteiger partial charge in [0.2, 0.25) is 0 Å². The average Bonchev–Trinajstić information content (AvgIpc) is 2.96. The van der Waals surface area contributed by atoms with E-state index in [1.54, 1.807) is 0 Å². The highest BCUT2D eigenvalue weighted by Gasteiger charge is 2.11. The van der Waals surface area contributed by atoms with Gasteiger partial charge in [-0.1, -0.05) is 41.9 Å². The van der Waals surface area contributed by atoms with Gasteiger partial charge in [0, 0.05) is 29.4 Å². The summed E-state index contributed by atoms with van der Waals surface area (Å²) in [4.78, 5) is 4.58. The second-order valence-electron chi connectivity index (χ2n) is 6.49. The Morgan fingerprint density at radius 1 is 1.08 bits per heavy atom. The first-order valence-electron chi connectivity index (χ1n) is 8.38. The molecule has 0 N–H and O–H groups in total. The molecule has 0 unspecified atom stereocenters. The van der Waals surface area contributed by atoms with Crippen LogP contribution < -0.4 is 4.74 Å². The van der Waals surface area contributed by atoms with Crippen molar-refractivity contribution < 1.29 is 4.74 Å². The second-order valence-corrected chi connectivity index (χ2v) is 6.90. The molecule has 0 fully saturated rings. The Hall–Kier alpha value is -2.52. The van der Waals surface area contributed by atoms with Gasteiger partial charge in [-0.15, -0.1) is 0 Å². The van der Waals surface area contributed by atoms with Crippen molar-refractivity contribution >= 4 is 33.4 Å². The van der Waals surface area contributed by atoms with Crippen molar-refractivity contribution in [3.8, 4) is 5.75 Å². The molecule has 0 aliphatic rings. The van der Waals surface area contributed by atoms with Crippen LogP contribution >= 0.6 is 11.6 Å². The van der Waals surface area contributed by atoms with Crippen LogP contribution in [-0.2, 0) is 6.61 Å². The van der Waals surface area contributed by atoms with Crippen LogP contribution in [0.3, 0.4) is 0 Å². The molecule has 2 aromatic carbocycles. The molecular weight excluding hydrogens is 332 g/mol. The molecule has 0 amide bonds. The minimum absolute atomic E-state index is 0.321. The molecule has 0 aliphatic heterocycles. The number of halogens is 1. The van der Waals surface area contributed by atoms with Crippen LogP contribution in [0.4, 0.5) is 0 Å². The largest absolute Gasteiger partial charge is 0.489 e. The van der Waals surface area contributed by atoms with Gasteiger partial charge in [0.1, 0.15) is 18.0 Å². The van der Waals surface area contributed by atoms with Gasteiger partial charge in [0.05, 0.1) is 5.02 Å². The fourth-order valence-corrected chi connectivity index (χ4v) is 3.28. The maximum absolute atomic E-state index is 6.37. The SMILES string of the molecule is CC(C)n1cc(Cl)c2cc(COc3ccc4ccccc4c3)cnc21. The molecule has 126 valence electrons. The van der Waals surface area contributed by atoms with Crippen molar-refractivity contribution in [3.63, 3.8) is 0 Å². The number of nitrogens with zero attached hydrogens (tertiary/aromatic N) is 2. The summed E-state index contributed by atoms with van der Waals surface area (Å²) in [6.45, 7) is 4.70. The Morgan fingerprint density at radius 2 is 1.88 bits per heavy atom. The second kappa shape index (κ2) is 6.41.